The second kappa shape index (κ2) is 7.98. The molecule has 2 aliphatic rings. The van der Waals surface area contributed by atoms with Crippen LogP contribution < -0.4 is 0 Å². The third-order valence-electron chi connectivity index (χ3n) is 5.54. The summed E-state index contributed by atoms with van der Waals surface area (Å²) >= 11 is 0. The zero-order chi connectivity index (χ0) is 20.5. The molecule has 0 spiro atoms. The minimum atomic E-state index is -4.41. The molecule has 2 atom stereocenters. The van der Waals surface area contributed by atoms with Crippen molar-refractivity contribution in [3.63, 3.8) is 0 Å². The van der Waals surface area contributed by atoms with E-state index in [9.17, 15) is 27.9 Å². The molecular formula is C19H24F3N3O3. The van der Waals surface area contributed by atoms with Gasteiger partial charge in [-0.15, -0.1) is 0 Å². The number of halogens is 3. The van der Waals surface area contributed by atoms with Crippen LogP contribution in [0.2, 0.25) is 0 Å². The number of carboxylic acid groups (broad SMARTS) is 1. The quantitative estimate of drug-likeness (QED) is 0.849. The smallest absolute Gasteiger partial charge is 0.416 e. The van der Waals surface area contributed by atoms with Crippen LogP contribution in [0.15, 0.2) is 24.3 Å². The van der Waals surface area contributed by atoms with E-state index in [2.05, 4.69) is 4.90 Å². The number of hydrogen-bond acceptors (Lipinski definition) is 3. The Bertz CT molecular complexity index is 717. The largest absolute Gasteiger partial charge is 0.465 e. The Morgan fingerprint density at radius 1 is 1.04 bits per heavy atom. The van der Waals surface area contributed by atoms with E-state index < -0.39 is 17.8 Å². The number of benzene rings is 1. The Morgan fingerprint density at radius 2 is 1.61 bits per heavy atom. The van der Waals surface area contributed by atoms with Crippen molar-refractivity contribution in [1.29, 1.82) is 0 Å². The van der Waals surface area contributed by atoms with E-state index in [1.54, 1.807) is 11.8 Å². The fourth-order valence-electron chi connectivity index (χ4n) is 4.11. The standard InChI is InChI=1S/C19H24F3N3O3/c1-13-17(23-8-2-3-9-23)25(11-10-24(13)18(27)28)16(26)12-14-4-6-15(7-5-14)19(20,21)22/h4-7,13,17H,2-3,8-12H2,1H3,(H,27,28). The predicted octanol–water partition coefficient (Wildman–Crippen LogP) is 2.88. The number of piperazine rings is 1. The van der Waals surface area contributed by atoms with Crippen molar-refractivity contribution in [2.75, 3.05) is 26.2 Å². The van der Waals surface area contributed by atoms with Crippen molar-refractivity contribution in [1.82, 2.24) is 14.7 Å². The first-order chi connectivity index (χ1) is 13.2. The van der Waals surface area contributed by atoms with Crippen LogP contribution >= 0.6 is 0 Å². The summed E-state index contributed by atoms with van der Waals surface area (Å²) in [6, 6.07) is 4.23. The Labute approximate surface area is 161 Å². The van der Waals surface area contributed by atoms with Gasteiger partial charge in [-0.25, -0.2) is 4.79 Å². The van der Waals surface area contributed by atoms with Crippen molar-refractivity contribution >= 4 is 12.0 Å². The molecule has 0 aromatic heterocycles. The number of amides is 2. The Balaban J connectivity index is 1.76. The number of rotatable bonds is 3. The maximum Gasteiger partial charge on any atom is 0.416 e. The van der Waals surface area contributed by atoms with Gasteiger partial charge in [-0.2, -0.15) is 13.2 Å². The molecule has 0 saturated carbocycles. The van der Waals surface area contributed by atoms with Crippen molar-refractivity contribution in [2.24, 2.45) is 0 Å². The number of alkyl halides is 3. The molecule has 2 aliphatic heterocycles. The number of hydrogen-bond donors (Lipinski definition) is 1. The molecule has 6 nitrogen and oxygen atoms in total. The first-order valence-corrected chi connectivity index (χ1v) is 9.37. The summed E-state index contributed by atoms with van der Waals surface area (Å²) in [7, 11) is 0. The van der Waals surface area contributed by atoms with Crippen LogP contribution in [0.1, 0.15) is 30.9 Å². The number of nitrogens with zero attached hydrogens (tertiary/aromatic N) is 3. The van der Waals surface area contributed by atoms with Gasteiger partial charge in [0.05, 0.1) is 18.0 Å². The van der Waals surface area contributed by atoms with Crippen LogP contribution in [0.4, 0.5) is 18.0 Å². The highest BCUT2D eigenvalue weighted by Gasteiger charge is 2.42. The van der Waals surface area contributed by atoms with Gasteiger partial charge >= 0.3 is 12.3 Å². The van der Waals surface area contributed by atoms with Crippen molar-refractivity contribution < 1.29 is 27.9 Å². The van der Waals surface area contributed by atoms with Crippen molar-refractivity contribution in [3.8, 4) is 0 Å². The molecular weight excluding hydrogens is 375 g/mol. The van der Waals surface area contributed by atoms with E-state index in [0.717, 1.165) is 38.1 Å². The summed E-state index contributed by atoms with van der Waals surface area (Å²) in [6.07, 6.45) is -3.79. The van der Waals surface area contributed by atoms with Gasteiger partial charge in [0.2, 0.25) is 5.91 Å². The van der Waals surface area contributed by atoms with E-state index >= 15 is 0 Å². The monoisotopic (exact) mass is 399 g/mol. The van der Waals surface area contributed by atoms with Crippen LogP contribution in [0, 0.1) is 0 Å². The average molecular weight is 399 g/mol. The van der Waals surface area contributed by atoms with Gasteiger partial charge in [-0.3, -0.25) is 9.69 Å². The van der Waals surface area contributed by atoms with Crippen LogP contribution in [-0.4, -0.2) is 70.2 Å². The van der Waals surface area contributed by atoms with E-state index in [1.165, 1.54) is 17.0 Å². The van der Waals surface area contributed by atoms with Crippen LogP contribution in [0.3, 0.4) is 0 Å². The van der Waals surface area contributed by atoms with Gasteiger partial charge in [0.1, 0.15) is 6.17 Å². The van der Waals surface area contributed by atoms with Gasteiger partial charge in [0.25, 0.3) is 0 Å². The lowest BCUT2D eigenvalue weighted by molar-refractivity contribution is -0.143. The molecule has 9 heteroatoms. The predicted molar refractivity (Wildman–Crippen MR) is 95.6 cm³/mol. The topological polar surface area (TPSA) is 64.1 Å². The highest BCUT2D eigenvalue weighted by molar-refractivity contribution is 5.79. The average Bonchev–Trinajstić information content (AvgIpc) is 3.14. The fraction of sp³-hybridized carbons (Fsp3) is 0.579. The second-order valence-electron chi connectivity index (χ2n) is 7.33. The van der Waals surface area contributed by atoms with E-state index in [1.807, 2.05) is 0 Å². The Kier molecular flexibility index (Phi) is 5.83. The fourth-order valence-corrected chi connectivity index (χ4v) is 4.11. The van der Waals surface area contributed by atoms with Crippen molar-refractivity contribution in [2.45, 2.75) is 44.6 Å². The minimum absolute atomic E-state index is 0.0116. The summed E-state index contributed by atoms with van der Waals surface area (Å²) in [5.74, 6) is -0.200. The zero-order valence-corrected chi connectivity index (χ0v) is 15.7. The molecule has 1 aromatic rings. The molecule has 2 fully saturated rings. The molecule has 2 heterocycles. The van der Waals surface area contributed by atoms with Gasteiger partial charge in [0, 0.05) is 26.2 Å². The summed E-state index contributed by atoms with van der Waals surface area (Å²) in [5.41, 5.74) is -0.242. The zero-order valence-electron chi connectivity index (χ0n) is 15.7. The summed E-state index contributed by atoms with van der Waals surface area (Å²) in [4.78, 5) is 29.6. The van der Waals surface area contributed by atoms with Crippen LogP contribution in [-0.2, 0) is 17.4 Å². The first-order valence-electron chi connectivity index (χ1n) is 9.37. The molecule has 1 N–H and O–H groups in total. The molecule has 2 saturated heterocycles. The number of carbonyl (C=O) groups is 2. The molecule has 154 valence electrons. The maximum atomic E-state index is 12.9. The number of carbonyl (C=O) groups excluding carboxylic acids is 1. The lowest BCUT2D eigenvalue weighted by Crippen LogP contribution is -2.66. The lowest BCUT2D eigenvalue weighted by Gasteiger charge is -2.48. The summed E-state index contributed by atoms with van der Waals surface area (Å²) in [5, 5.41) is 9.43. The molecule has 2 unspecified atom stereocenters. The molecule has 0 bridgehead atoms. The Hall–Kier alpha value is -2.29. The first kappa shape index (κ1) is 20.4. The molecule has 28 heavy (non-hydrogen) atoms. The number of likely N-dealkylation sites (tertiary alicyclic amines) is 1. The van der Waals surface area contributed by atoms with E-state index in [-0.39, 0.29) is 37.6 Å². The highest BCUT2D eigenvalue weighted by atomic mass is 19.4. The SMILES string of the molecule is CC1C(N2CCCC2)N(C(=O)Cc2ccc(C(F)(F)F)cc2)CCN1C(=O)O. The van der Waals surface area contributed by atoms with Gasteiger partial charge in [-0.05, 0) is 37.5 Å². The Morgan fingerprint density at radius 3 is 2.14 bits per heavy atom. The summed E-state index contributed by atoms with van der Waals surface area (Å²) in [6.45, 7) is 3.89. The van der Waals surface area contributed by atoms with E-state index in [4.69, 9.17) is 0 Å². The molecule has 1 aromatic carbocycles. The van der Waals surface area contributed by atoms with E-state index in [0.29, 0.717) is 5.56 Å². The highest BCUT2D eigenvalue weighted by Crippen LogP contribution is 2.29. The summed E-state index contributed by atoms with van der Waals surface area (Å²) < 4.78 is 38.1. The van der Waals surface area contributed by atoms with Gasteiger partial charge < -0.3 is 14.9 Å². The van der Waals surface area contributed by atoms with Crippen LogP contribution in [0.25, 0.3) is 0 Å². The minimum Gasteiger partial charge on any atom is -0.465 e. The molecule has 3 rings (SSSR count). The van der Waals surface area contributed by atoms with Gasteiger partial charge in [-0.1, -0.05) is 12.1 Å². The molecule has 2 amide bonds. The van der Waals surface area contributed by atoms with Crippen molar-refractivity contribution in [3.05, 3.63) is 35.4 Å². The second-order valence-corrected chi connectivity index (χ2v) is 7.33. The van der Waals surface area contributed by atoms with Crippen LogP contribution in [0.5, 0.6) is 0 Å². The van der Waals surface area contributed by atoms with Gasteiger partial charge in [0.15, 0.2) is 0 Å². The normalized spacial score (nSPS) is 23.9. The molecule has 0 radical (unpaired) electrons. The molecule has 0 aliphatic carbocycles. The lowest BCUT2D eigenvalue weighted by atomic mass is 10.0. The third-order valence-corrected chi connectivity index (χ3v) is 5.54. The third kappa shape index (κ3) is 4.24. The maximum absolute atomic E-state index is 12.9.